The monoisotopic (exact) mass is 233 g/mol. The number of nitrogens with zero attached hydrogens (tertiary/aromatic N) is 2. The minimum Gasteiger partial charge on any atom is -0.317 e. The lowest BCUT2D eigenvalue weighted by Crippen LogP contribution is -2.27. The van der Waals surface area contributed by atoms with Crippen molar-refractivity contribution in [1.82, 2.24) is 14.7 Å². The number of hydrogen-bond acceptors (Lipinski definition) is 2. The van der Waals surface area contributed by atoms with E-state index in [-0.39, 0.29) is 5.82 Å². The molecule has 1 saturated heterocycles. The second kappa shape index (κ2) is 4.11. The molecule has 1 fully saturated rings. The van der Waals surface area contributed by atoms with E-state index in [0.29, 0.717) is 5.92 Å². The van der Waals surface area contributed by atoms with Crippen molar-refractivity contribution in [3.63, 3.8) is 0 Å². The molecule has 0 spiro atoms. The van der Waals surface area contributed by atoms with Gasteiger partial charge >= 0.3 is 0 Å². The van der Waals surface area contributed by atoms with Crippen LogP contribution in [0.2, 0.25) is 0 Å². The third-order valence-corrected chi connectivity index (χ3v) is 3.58. The summed E-state index contributed by atoms with van der Waals surface area (Å²) >= 11 is 0. The van der Waals surface area contributed by atoms with Gasteiger partial charge in [0.15, 0.2) is 0 Å². The van der Waals surface area contributed by atoms with Crippen molar-refractivity contribution >= 4 is 5.65 Å². The molecule has 3 heterocycles. The van der Waals surface area contributed by atoms with Crippen molar-refractivity contribution in [2.75, 3.05) is 13.1 Å². The summed E-state index contributed by atoms with van der Waals surface area (Å²) in [6.07, 6.45) is 3.75. The van der Waals surface area contributed by atoms with Crippen LogP contribution in [0.25, 0.3) is 5.65 Å². The molecule has 0 aromatic carbocycles. The van der Waals surface area contributed by atoms with Crippen LogP contribution in [0.5, 0.6) is 0 Å². The molecule has 0 amide bonds. The molecule has 0 unspecified atom stereocenters. The average Bonchev–Trinajstić information content (AvgIpc) is 2.68. The lowest BCUT2D eigenvalue weighted by Gasteiger charge is -2.21. The summed E-state index contributed by atoms with van der Waals surface area (Å²) in [4.78, 5) is 4.65. The number of fused-ring (bicyclic) bond motifs is 1. The minimum absolute atomic E-state index is 0.213. The standard InChI is InChI=1S/C13H16FN3/c1-9-13(10-4-6-15-7-5-10)16-12-3-2-11(14)8-17(9)12/h2-3,8,10,15H,4-7H2,1H3. The van der Waals surface area contributed by atoms with E-state index in [4.69, 9.17) is 0 Å². The minimum atomic E-state index is -0.213. The second-order valence-electron chi connectivity index (χ2n) is 4.68. The van der Waals surface area contributed by atoms with Gasteiger partial charge in [-0.05, 0) is 45.0 Å². The van der Waals surface area contributed by atoms with Crippen molar-refractivity contribution in [3.8, 4) is 0 Å². The first kappa shape index (κ1) is 10.7. The van der Waals surface area contributed by atoms with Crippen LogP contribution >= 0.6 is 0 Å². The summed E-state index contributed by atoms with van der Waals surface area (Å²) in [5, 5.41) is 3.35. The summed E-state index contributed by atoms with van der Waals surface area (Å²) in [7, 11) is 0. The highest BCUT2D eigenvalue weighted by atomic mass is 19.1. The summed E-state index contributed by atoms with van der Waals surface area (Å²) in [6.45, 7) is 4.12. The van der Waals surface area contributed by atoms with Gasteiger partial charge in [0.1, 0.15) is 11.5 Å². The lowest BCUT2D eigenvalue weighted by atomic mass is 9.94. The fraction of sp³-hybridized carbons (Fsp3) is 0.462. The van der Waals surface area contributed by atoms with E-state index in [1.807, 2.05) is 11.3 Å². The predicted octanol–water partition coefficient (Wildman–Crippen LogP) is 2.25. The highest BCUT2D eigenvalue weighted by Gasteiger charge is 2.21. The molecular weight excluding hydrogens is 217 g/mol. The predicted molar refractivity (Wildman–Crippen MR) is 64.7 cm³/mol. The van der Waals surface area contributed by atoms with Crippen LogP contribution in [0.15, 0.2) is 18.3 Å². The van der Waals surface area contributed by atoms with E-state index in [2.05, 4.69) is 10.3 Å². The zero-order chi connectivity index (χ0) is 11.8. The van der Waals surface area contributed by atoms with Crippen LogP contribution in [-0.4, -0.2) is 22.5 Å². The molecule has 0 aliphatic carbocycles. The number of halogens is 1. The van der Waals surface area contributed by atoms with E-state index >= 15 is 0 Å². The van der Waals surface area contributed by atoms with Crippen LogP contribution in [0.1, 0.15) is 30.1 Å². The Labute approximate surface area is 99.7 Å². The number of hydrogen-bond donors (Lipinski definition) is 1. The number of nitrogens with one attached hydrogen (secondary N) is 1. The molecule has 1 aliphatic rings. The van der Waals surface area contributed by atoms with Crippen LogP contribution in [0, 0.1) is 12.7 Å². The zero-order valence-electron chi connectivity index (χ0n) is 9.91. The molecule has 1 N–H and O–H groups in total. The molecular formula is C13H16FN3. The Morgan fingerprint density at radius 1 is 1.35 bits per heavy atom. The molecule has 0 bridgehead atoms. The third-order valence-electron chi connectivity index (χ3n) is 3.58. The van der Waals surface area contributed by atoms with Gasteiger partial charge < -0.3 is 9.72 Å². The number of imidazole rings is 1. The van der Waals surface area contributed by atoms with E-state index in [9.17, 15) is 4.39 Å². The SMILES string of the molecule is Cc1c(C2CCNCC2)nc2ccc(F)cn12. The Morgan fingerprint density at radius 3 is 2.88 bits per heavy atom. The first-order valence-electron chi connectivity index (χ1n) is 6.10. The van der Waals surface area contributed by atoms with Crippen molar-refractivity contribution < 1.29 is 4.39 Å². The maximum absolute atomic E-state index is 13.2. The molecule has 2 aromatic rings. The van der Waals surface area contributed by atoms with Crippen molar-refractivity contribution in [3.05, 3.63) is 35.5 Å². The number of aromatic nitrogens is 2. The quantitative estimate of drug-likeness (QED) is 0.818. The van der Waals surface area contributed by atoms with E-state index < -0.39 is 0 Å². The smallest absolute Gasteiger partial charge is 0.139 e. The number of aryl methyl sites for hydroxylation is 1. The van der Waals surface area contributed by atoms with Gasteiger partial charge in [-0.1, -0.05) is 0 Å². The Morgan fingerprint density at radius 2 is 2.12 bits per heavy atom. The normalized spacial score (nSPS) is 17.8. The summed E-state index contributed by atoms with van der Waals surface area (Å²) < 4.78 is 15.1. The number of pyridine rings is 1. The van der Waals surface area contributed by atoms with Crippen LogP contribution in [0.4, 0.5) is 4.39 Å². The molecule has 2 aromatic heterocycles. The molecule has 90 valence electrons. The summed E-state index contributed by atoms with van der Waals surface area (Å²) in [5.41, 5.74) is 3.06. The molecule has 1 aliphatic heterocycles. The van der Waals surface area contributed by atoms with Crippen molar-refractivity contribution in [2.24, 2.45) is 0 Å². The Kier molecular flexibility index (Phi) is 2.59. The van der Waals surface area contributed by atoms with Gasteiger partial charge in [0, 0.05) is 17.8 Å². The topological polar surface area (TPSA) is 29.3 Å². The van der Waals surface area contributed by atoms with Gasteiger partial charge in [-0.25, -0.2) is 9.37 Å². The van der Waals surface area contributed by atoms with Crippen LogP contribution in [-0.2, 0) is 0 Å². The largest absolute Gasteiger partial charge is 0.317 e. The molecule has 3 nitrogen and oxygen atoms in total. The second-order valence-corrected chi connectivity index (χ2v) is 4.68. The Hall–Kier alpha value is -1.42. The summed E-state index contributed by atoms with van der Waals surface area (Å²) in [6, 6.07) is 3.21. The van der Waals surface area contributed by atoms with Gasteiger partial charge in [0.25, 0.3) is 0 Å². The molecule has 3 rings (SSSR count). The molecule has 4 heteroatoms. The van der Waals surface area contributed by atoms with Gasteiger partial charge in [-0.3, -0.25) is 0 Å². The summed E-state index contributed by atoms with van der Waals surface area (Å²) in [5.74, 6) is 0.300. The molecule has 0 atom stereocenters. The van der Waals surface area contributed by atoms with Crippen LogP contribution in [0.3, 0.4) is 0 Å². The van der Waals surface area contributed by atoms with Gasteiger partial charge in [-0.15, -0.1) is 0 Å². The van der Waals surface area contributed by atoms with Gasteiger partial charge in [0.05, 0.1) is 5.69 Å². The zero-order valence-corrected chi connectivity index (χ0v) is 9.91. The van der Waals surface area contributed by atoms with E-state index in [0.717, 1.165) is 43.0 Å². The number of piperidine rings is 1. The third kappa shape index (κ3) is 1.82. The fourth-order valence-corrected chi connectivity index (χ4v) is 2.64. The Bertz CT molecular complexity index is 541. The van der Waals surface area contributed by atoms with E-state index in [1.165, 1.54) is 12.3 Å². The first-order chi connectivity index (χ1) is 8.25. The van der Waals surface area contributed by atoms with Crippen molar-refractivity contribution in [2.45, 2.75) is 25.7 Å². The Balaban J connectivity index is 2.07. The van der Waals surface area contributed by atoms with Crippen LogP contribution < -0.4 is 5.32 Å². The van der Waals surface area contributed by atoms with Crippen molar-refractivity contribution in [1.29, 1.82) is 0 Å². The highest BCUT2D eigenvalue weighted by molar-refractivity contribution is 5.44. The molecule has 0 radical (unpaired) electrons. The fourth-order valence-electron chi connectivity index (χ4n) is 2.64. The molecule has 17 heavy (non-hydrogen) atoms. The molecule has 0 saturated carbocycles. The first-order valence-corrected chi connectivity index (χ1v) is 6.10. The van der Waals surface area contributed by atoms with E-state index in [1.54, 1.807) is 6.07 Å². The lowest BCUT2D eigenvalue weighted by molar-refractivity contribution is 0.453. The maximum atomic E-state index is 13.2. The van der Waals surface area contributed by atoms with Gasteiger partial charge in [0.2, 0.25) is 0 Å². The number of rotatable bonds is 1. The highest BCUT2D eigenvalue weighted by Crippen LogP contribution is 2.27. The maximum Gasteiger partial charge on any atom is 0.139 e. The average molecular weight is 233 g/mol. The van der Waals surface area contributed by atoms with Gasteiger partial charge in [-0.2, -0.15) is 0 Å².